The van der Waals surface area contributed by atoms with E-state index in [4.69, 9.17) is 0 Å². The Morgan fingerprint density at radius 1 is 0.369 bits per heavy atom. The smallest absolute Gasteiger partial charge is 0.0714 e. The molecule has 0 unspecified atom stereocenters. The van der Waals surface area contributed by atoms with Crippen molar-refractivity contribution < 1.29 is 0 Å². The van der Waals surface area contributed by atoms with Crippen LogP contribution in [0, 0.1) is 6.92 Å². The molecule has 0 amide bonds. The van der Waals surface area contributed by atoms with E-state index in [0.29, 0.717) is 0 Å². The van der Waals surface area contributed by atoms with E-state index in [0.717, 1.165) is 6.42 Å². The molecule has 0 aromatic heterocycles. The van der Waals surface area contributed by atoms with Gasteiger partial charge in [0.25, 0.3) is 0 Å². The highest BCUT2D eigenvalue weighted by molar-refractivity contribution is 5.97. The lowest BCUT2D eigenvalue weighted by molar-refractivity contribution is 0.332. The molecule has 7 aromatic carbocycles. The minimum Gasteiger partial charge on any atom is -0.310 e. The highest BCUT2D eigenvalue weighted by Crippen LogP contribution is 2.60. The van der Waals surface area contributed by atoms with Gasteiger partial charge in [0.2, 0.25) is 0 Å². The molecule has 0 atom stereocenters. The van der Waals surface area contributed by atoms with Crippen molar-refractivity contribution in [3.05, 3.63) is 207 Å². The molecule has 1 heteroatoms. The van der Waals surface area contributed by atoms with Gasteiger partial charge in [0, 0.05) is 16.9 Å². The average molecular weight is 850 g/mol. The van der Waals surface area contributed by atoms with E-state index >= 15 is 0 Å². The summed E-state index contributed by atoms with van der Waals surface area (Å²) in [6, 6.07) is 57.4. The van der Waals surface area contributed by atoms with Gasteiger partial charge < -0.3 is 4.90 Å². The predicted molar refractivity (Wildman–Crippen MR) is 276 cm³/mol. The predicted octanol–water partition coefficient (Wildman–Crippen LogP) is 17.1. The molecule has 0 bridgehead atoms. The van der Waals surface area contributed by atoms with Crippen LogP contribution < -0.4 is 4.90 Å². The molecular weight excluding hydrogens is 783 g/mol. The first-order valence-electron chi connectivity index (χ1n) is 24.7. The summed E-state index contributed by atoms with van der Waals surface area (Å²) in [5.74, 6) is 0. The summed E-state index contributed by atoms with van der Waals surface area (Å²) in [6.45, 7) is 22.1. The van der Waals surface area contributed by atoms with Gasteiger partial charge >= 0.3 is 0 Å². The number of fused-ring (bicyclic) bond motifs is 6. The monoisotopic (exact) mass is 850 g/mol. The van der Waals surface area contributed by atoms with Crippen molar-refractivity contribution >= 4 is 17.1 Å². The summed E-state index contributed by atoms with van der Waals surface area (Å²) >= 11 is 0. The van der Waals surface area contributed by atoms with E-state index in [1.807, 2.05) is 0 Å². The largest absolute Gasteiger partial charge is 0.310 e. The van der Waals surface area contributed by atoms with Crippen LogP contribution in [-0.4, -0.2) is 0 Å². The van der Waals surface area contributed by atoms with Crippen molar-refractivity contribution in [3.63, 3.8) is 0 Å². The number of anilines is 3. The number of aryl methyl sites for hydroxylation is 3. The Morgan fingerprint density at radius 3 is 1.38 bits per heavy atom. The minimum absolute atomic E-state index is 0.0572. The van der Waals surface area contributed by atoms with Crippen molar-refractivity contribution in [1.29, 1.82) is 0 Å². The van der Waals surface area contributed by atoms with Crippen LogP contribution in [0.4, 0.5) is 17.1 Å². The molecule has 0 aliphatic heterocycles. The Bertz CT molecular complexity index is 2880. The lowest BCUT2D eigenvalue weighted by Crippen LogP contribution is -2.34. The summed E-state index contributed by atoms with van der Waals surface area (Å²) in [5.41, 5.74) is 24.5. The molecular formula is C64H67N. The van der Waals surface area contributed by atoms with Crippen molar-refractivity contribution in [2.24, 2.45) is 0 Å². The second-order valence-corrected chi connectivity index (χ2v) is 22.9. The molecule has 0 N–H and O–H groups in total. The van der Waals surface area contributed by atoms with Crippen LogP contribution in [0.25, 0.3) is 22.3 Å². The van der Waals surface area contributed by atoms with Gasteiger partial charge in [0.1, 0.15) is 0 Å². The normalized spacial score (nSPS) is 19.0. The summed E-state index contributed by atoms with van der Waals surface area (Å²) < 4.78 is 0. The van der Waals surface area contributed by atoms with Crippen LogP contribution in [0.5, 0.6) is 0 Å². The summed E-state index contributed by atoms with van der Waals surface area (Å²) in [5, 5.41) is 0. The number of nitrogens with zero attached hydrogens (tertiary/aromatic N) is 1. The highest BCUT2D eigenvalue weighted by atomic mass is 15.1. The van der Waals surface area contributed by atoms with E-state index in [2.05, 4.69) is 213 Å². The molecule has 4 aliphatic carbocycles. The molecule has 65 heavy (non-hydrogen) atoms. The first-order chi connectivity index (χ1) is 31.1. The fourth-order valence-corrected chi connectivity index (χ4v) is 12.9. The Morgan fingerprint density at radius 2 is 0.846 bits per heavy atom. The maximum atomic E-state index is 2.69. The van der Waals surface area contributed by atoms with Crippen molar-refractivity contribution in [1.82, 2.24) is 0 Å². The fourth-order valence-electron chi connectivity index (χ4n) is 12.9. The van der Waals surface area contributed by atoms with Gasteiger partial charge in [-0.3, -0.25) is 0 Å². The van der Waals surface area contributed by atoms with Crippen LogP contribution >= 0.6 is 0 Å². The minimum atomic E-state index is -0.526. The van der Waals surface area contributed by atoms with Crippen LogP contribution in [0.1, 0.15) is 155 Å². The zero-order valence-corrected chi connectivity index (χ0v) is 40.5. The quantitative estimate of drug-likeness (QED) is 0.161. The zero-order valence-electron chi connectivity index (χ0n) is 40.5. The van der Waals surface area contributed by atoms with Gasteiger partial charge in [0.05, 0.1) is 11.1 Å². The Kier molecular flexibility index (Phi) is 9.65. The molecule has 7 aromatic rings. The SMILES string of the molecule is Cc1cc2c(cc1-c1cc3c(cc1N(c1ccc4c(c1)C(C)(C)CCC4(C)C)c1ccc4c(c1)C(C)(C)CCC4(C)C)C(c1ccccc1)(c1ccccc1)c1ccccc1-3)CCCC2. The van der Waals surface area contributed by atoms with Crippen LogP contribution in [-0.2, 0) is 39.9 Å². The first-order valence-corrected chi connectivity index (χ1v) is 24.7. The molecule has 0 radical (unpaired) electrons. The second-order valence-electron chi connectivity index (χ2n) is 22.9. The molecule has 328 valence electrons. The molecule has 0 saturated heterocycles. The van der Waals surface area contributed by atoms with Crippen LogP contribution in [0.3, 0.4) is 0 Å². The van der Waals surface area contributed by atoms with E-state index in [9.17, 15) is 0 Å². The molecule has 0 heterocycles. The number of benzene rings is 7. The highest BCUT2D eigenvalue weighted by Gasteiger charge is 2.47. The molecule has 0 spiro atoms. The maximum absolute atomic E-state index is 2.69. The maximum Gasteiger partial charge on any atom is 0.0714 e. The van der Waals surface area contributed by atoms with Gasteiger partial charge in [-0.15, -0.1) is 0 Å². The lowest BCUT2D eigenvalue weighted by atomic mass is 9.63. The fraction of sp³-hybridized carbons (Fsp3) is 0.344. The summed E-state index contributed by atoms with van der Waals surface area (Å²) in [6.07, 6.45) is 9.58. The Labute approximate surface area is 390 Å². The zero-order chi connectivity index (χ0) is 45.1. The number of hydrogen-bond acceptors (Lipinski definition) is 1. The van der Waals surface area contributed by atoms with Gasteiger partial charge in [-0.05, 0) is 194 Å². The first kappa shape index (κ1) is 42.0. The number of rotatable bonds is 6. The second kappa shape index (κ2) is 14.9. The standard InChI is InChI=1S/C64H67N/c1-42-36-43-20-16-17-21-44(43)37-50(42)52-40-51-49-26-18-19-27-53(49)64(45-22-12-10-13-23-45,46-24-14-11-15-25-46)56(51)41-59(52)65(47-28-30-54-57(38-47)62(6,7)34-32-60(54,2)3)48-29-31-55-58(39-48)63(8,9)35-33-61(55,4)5/h10-15,18-19,22-31,36-41H,16-17,20-21,32-35H2,1-9H3. The molecule has 0 saturated carbocycles. The third-order valence-corrected chi connectivity index (χ3v) is 17.0. The van der Waals surface area contributed by atoms with E-state index in [-0.39, 0.29) is 21.7 Å². The average Bonchev–Trinajstić information content (AvgIpc) is 3.60. The van der Waals surface area contributed by atoms with Crippen molar-refractivity contribution in [2.75, 3.05) is 4.90 Å². The Balaban J connectivity index is 1.29. The Hall–Kier alpha value is -5.66. The summed E-state index contributed by atoms with van der Waals surface area (Å²) in [7, 11) is 0. The summed E-state index contributed by atoms with van der Waals surface area (Å²) in [4.78, 5) is 2.69. The number of hydrogen-bond donors (Lipinski definition) is 0. The molecule has 1 nitrogen and oxygen atoms in total. The van der Waals surface area contributed by atoms with Crippen molar-refractivity contribution in [2.45, 2.75) is 141 Å². The van der Waals surface area contributed by atoms with Gasteiger partial charge in [0.15, 0.2) is 0 Å². The lowest BCUT2D eigenvalue weighted by Gasteiger charge is -2.43. The molecule has 0 fully saturated rings. The van der Waals surface area contributed by atoms with Gasteiger partial charge in [-0.2, -0.15) is 0 Å². The van der Waals surface area contributed by atoms with E-state index < -0.39 is 5.41 Å². The molecule has 4 aliphatic rings. The van der Waals surface area contributed by atoms with Crippen LogP contribution in [0.15, 0.2) is 146 Å². The van der Waals surface area contributed by atoms with Gasteiger partial charge in [-0.25, -0.2) is 0 Å². The van der Waals surface area contributed by atoms with E-state index in [1.54, 1.807) is 0 Å². The van der Waals surface area contributed by atoms with E-state index in [1.165, 1.54) is 145 Å². The van der Waals surface area contributed by atoms with Crippen molar-refractivity contribution in [3.8, 4) is 22.3 Å². The topological polar surface area (TPSA) is 3.24 Å². The van der Waals surface area contributed by atoms with Crippen LogP contribution in [0.2, 0.25) is 0 Å². The third-order valence-electron chi connectivity index (χ3n) is 17.0. The molecule has 11 rings (SSSR count). The third kappa shape index (κ3) is 6.53. The van der Waals surface area contributed by atoms with Gasteiger partial charge in [-0.1, -0.05) is 165 Å².